The van der Waals surface area contributed by atoms with Gasteiger partial charge in [-0.05, 0) is 69.2 Å². The van der Waals surface area contributed by atoms with Crippen LogP contribution in [0.1, 0.15) is 49.0 Å². The molecule has 0 heterocycles. The van der Waals surface area contributed by atoms with E-state index in [0.717, 1.165) is 37.4 Å². The van der Waals surface area contributed by atoms with Crippen LogP contribution >= 0.6 is 96.1 Å². The Labute approximate surface area is 405 Å². The molecule has 0 aliphatic carbocycles. The van der Waals surface area contributed by atoms with Crippen LogP contribution in [-0.4, -0.2) is 150 Å². The number of halogens is 1. The lowest BCUT2D eigenvalue weighted by molar-refractivity contribution is -0.108. The van der Waals surface area contributed by atoms with E-state index < -0.39 is 15.4 Å². The maximum Gasteiger partial charge on any atom is 0.264 e. The molecule has 0 saturated heterocycles. The second-order valence-electron chi connectivity index (χ2n) is 9.22. The van der Waals surface area contributed by atoms with Gasteiger partial charge in [-0.1, -0.05) is 87.1 Å². The van der Waals surface area contributed by atoms with E-state index in [9.17, 15) is 22.8 Å². The lowest BCUT2D eigenvalue weighted by Crippen LogP contribution is -2.18. The number of nitrogens with two attached hydrogens (primary N) is 4. The lowest BCUT2D eigenvalue weighted by atomic mass is 10.5. The van der Waals surface area contributed by atoms with E-state index in [4.69, 9.17) is 58.3 Å². The molecule has 12 N–H and O–H groups in total. The van der Waals surface area contributed by atoms with E-state index in [2.05, 4.69) is 53.1 Å². The van der Waals surface area contributed by atoms with Gasteiger partial charge in [0, 0.05) is 34.5 Å². The van der Waals surface area contributed by atoms with E-state index in [-0.39, 0.29) is 53.7 Å². The number of aliphatic hydroxyl groups is 2. The molecule has 0 amide bonds. The zero-order valence-corrected chi connectivity index (χ0v) is 41.8. The first-order chi connectivity index (χ1) is 27.7. The second kappa shape index (κ2) is 70.6. The van der Waals surface area contributed by atoms with Gasteiger partial charge < -0.3 is 47.4 Å². The van der Waals surface area contributed by atoms with Crippen molar-refractivity contribution in [3.05, 3.63) is 36.5 Å². The fourth-order valence-corrected chi connectivity index (χ4v) is 4.96. The molecule has 0 spiro atoms. The third-order valence-electron chi connectivity index (χ3n) is 3.89. The molecule has 0 bridgehead atoms. The minimum absolute atomic E-state index is 0. The van der Waals surface area contributed by atoms with Crippen molar-refractivity contribution in [1.82, 2.24) is 0 Å². The molecule has 26 heteroatoms. The monoisotopic (exact) mass is 1050 g/mol. The molecule has 0 aromatic rings. The van der Waals surface area contributed by atoms with Crippen LogP contribution in [0.15, 0.2) is 36.5 Å². The fourth-order valence-electron chi connectivity index (χ4n) is 1.99. The van der Waals surface area contributed by atoms with Gasteiger partial charge in [0.05, 0.1) is 65.7 Å². The van der Waals surface area contributed by atoms with E-state index in [1.54, 1.807) is 25.2 Å². The van der Waals surface area contributed by atoms with Crippen molar-refractivity contribution in [3.8, 4) is 0 Å². The van der Waals surface area contributed by atoms with Crippen LogP contribution in [0.25, 0.3) is 0 Å². The molecule has 0 aromatic carbocycles. The number of thiocarbonyl (C=S) groups is 1. The molecular formula is C35H75ClN6O11S8. The van der Waals surface area contributed by atoms with Gasteiger partial charge in [-0.15, -0.1) is 0 Å². The number of nitrogens with one attached hydrogen (secondary N) is 2. The Morgan fingerprint density at radius 1 is 0.672 bits per heavy atom. The maximum absolute atomic E-state index is 11.1. The molecule has 0 aliphatic rings. The number of carbonyl (C=O) groups is 3. The fraction of sp³-hybridized carbons (Fsp3) is 0.657. The van der Waals surface area contributed by atoms with E-state index >= 15 is 0 Å². The van der Waals surface area contributed by atoms with Crippen LogP contribution < -0.4 is 22.9 Å². The van der Waals surface area contributed by atoms with Crippen LogP contribution in [0.2, 0.25) is 0 Å². The van der Waals surface area contributed by atoms with Gasteiger partial charge in [0.15, 0.2) is 15.4 Å². The van der Waals surface area contributed by atoms with Gasteiger partial charge in [0.25, 0.3) is 10.1 Å². The Balaban J connectivity index is -0.0000000782. The summed E-state index contributed by atoms with van der Waals surface area (Å²) in [6.07, 6.45) is 11.2. The zero-order valence-electron chi connectivity index (χ0n) is 34.4. The largest absolute Gasteiger partial charge is 0.394 e. The first-order valence-electron chi connectivity index (χ1n) is 17.1. The van der Waals surface area contributed by atoms with E-state index in [0.29, 0.717) is 56.0 Å². The van der Waals surface area contributed by atoms with Crippen molar-refractivity contribution in [2.75, 3.05) is 100 Å². The van der Waals surface area contributed by atoms with Crippen LogP contribution in [0.4, 0.5) is 0 Å². The van der Waals surface area contributed by atoms with Gasteiger partial charge in [0.2, 0.25) is 15.5 Å². The molecule has 0 saturated carbocycles. The molecular weight excluding hydrogens is 972 g/mol. The predicted molar refractivity (Wildman–Crippen MR) is 279 cm³/mol. The Hall–Kier alpha value is -1.04. The standard InChI is InChI=1S/C12H18O3S2.C6H14N4OS2.C4H5ClO.C4H10O3S.C4H10OS2.C2H6O2.CH4N2S.2CH4/c1-3-5-11(13)16-9-7-15-8-10-17-12(14)6-4-2;7-5(8)12-3-1-11-2-4-13-6(9)10;1-2-3-4(5)6;1-3-4-7-8(2,5)6;6-3-1-5-2-4-7;3-1-2-4;2-1(3)4;;/h3-6H,7-10H2,1-2H3;1-4H2,(H3,7,8)(H3,9,10);2-3H,1H3;3-4H2,1-2H3;6-7H,1-4H2;3-4H,1-2H2;(H4,2,3,4);2*1H4/b5-3+,6-4+;;;;;;;;. The third kappa shape index (κ3) is 133. The van der Waals surface area contributed by atoms with Crippen molar-refractivity contribution in [2.45, 2.75) is 49.0 Å². The first kappa shape index (κ1) is 80.3. The molecule has 0 unspecified atom stereocenters. The number of aliphatic hydroxyl groups excluding tert-OH is 2. The summed E-state index contributed by atoms with van der Waals surface area (Å²) in [7, 11) is -3.19. The Morgan fingerprint density at radius 3 is 1.15 bits per heavy atom. The summed E-state index contributed by atoms with van der Waals surface area (Å²) < 4.78 is 40.2. The Bertz CT molecular complexity index is 1160. The number of allylic oxidation sites excluding steroid dienone is 4. The highest BCUT2D eigenvalue weighted by molar-refractivity contribution is 8.14. The van der Waals surface area contributed by atoms with Crippen LogP contribution in [0, 0.1) is 10.8 Å². The van der Waals surface area contributed by atoms with Crippen LogP contribution in [0.3, 0.4) is 0 Å². The number of carbonyl (C=O) groups excluding carboxylic acids is 3. The average Bonchev–Trinajstić information content (AvgIpc) is 3.14. The summed E-state index contributed by atoms with van der Waals surface area (Å²) in [4.78, 5) is 31.8. The van der Waals surface area contributed by atoms with Gasteiger partial charge in [-0.3, -0.25) is 29.4 Å². The number of thiol groups is 2. The Morgan fingerprint density at radius 2 is 0.967 bits per heavy atom. The summed E-state index contributed by atoms with van der Waals surface area (Å²) in [5.41, 5.74) is 19.5. The highest BCUT2D eigenvalue weighted by Gasteiger charge is 1.99. The molecule has 61 heavy (non-hydrogen) atoms. The summed E-state index contributed by atoms with van der Waals surface area (Å²) in [6, 6.07) is 0. The highest BCUT2D eigenvalue weighted by Crippen LogP contribution is 2.05. The van der Waals surface area contributed by atoms with Crippen molar-refractivity contribution < 1.29 is 51.4 Å². The molecule has 0 rings (SSSR count). The van der Waals surface area contributed by atoms with Crippen molar-refractivity contribution >= 4 is 137 Å². The first-order valence-corrected chi connectivity index (χ1v) is 24.9. The van der Waals surface area contributed by atoms with Gasteiger partial charge >= 0.3 is 0 Å². The number of thioether (sulfide) groups is 4. The number of hydrogen-bond acceptors (Lipinski definition) is 20. The zero-order chi connectivity index (χ0) is 47.2. The smallest absolute Gasteiger partial charge is 0.264 e. The Kier molecular flexibility index (Phi) is 92.9. The molecule has 366 valence electrons. The summed E-state index contributed by atoms with van der Waals surface area (Å²) >= 11 is 21.8. The lowest BCUT2D eigenvalue weighted by Gasteiger charge is -2.02. The molecule has 17 nitrogen and oxygen atoms in total. The van der Waals surface area contributed by atoms with Crippen molar-refractivity contribution in [1.29, 1.82) is 10.8 Å². The van der Waals surface area contributed by atoms with Gasteiger partial charge in [0.1, 0.15) is 0 Å². The SMILES string of the molecule is C.C.C/C=C/C(=O)SCCOCCSC(=O)/C=C/C.CC=CC(=O)Cl.CCCOS(C)(=O)=O.N=C(N)SCCOCCSC(=N)N.NC(N)=S.OCCO.SCCOCCS. The van der Waals surface area contributed by atoms with Crippen molar-refractivity contribution in [2.24, 2.45) is 22.9 Å². The summed E-state index contributed by atoms with van der Waals surface area (Å²) in [6.45, 7) is 10.9. The predicted octanol–water partition coefficient (Wildman–Crippen LogP) is 4.93. The number of rotatable bonds is 23. The quantitative estimate of drug-likeness (QED) is 0.00948. The van der Waals surface area contributed by atoms with Crippen LogP contribution in [-0.2, 0) is 42.9 Å². The highest BCUT2D eigenvalue weighted by atomic mass is 35.5. The van der Waals surface area contributed by atoms with E-state index in [1.165, 1.54) is 65.3 Å². The normalized spacial score (nSPS) is 9.74. The van der Waals surface area contributed by atoms with Gasteiger partial charge in [-0.2, -0.15) is 33.7 Å². The van der Waals surface area contributed by atoms with Crippen molar-refractivity contribution in [3.63, 3.8) is 0 Å². The van der Waals surface area contributed by atoms with E-state index in [1.807, 2.05) is 20.8 Å². The average molecular weight is 1050 g/mol. The summed E-state index contributed by atoms with van der Waals surface area (Å²) in [5.74, 6) is 4.29. The maximum atomic E-state index is 11.1. The molecule has 0 aromatic heterocycles. The summed E-state index contributed by atoms with van der Waals surface area (Å²) in [5, 5.41) is 29.0. The minimum Gasteiger partial charge on any atom is -0.394 e. The number of amidine groups is 2. The topological polar surface area (TPSA) is 315 Å². The number of ether oxygens (including phenoxy) is 3. The second-order valence-corrected chi connectivity index (χ2v) is 17.1. The molecule has 0 fully saturated rings. The minimum atomic E-state index is -3.19. The van der Waals surface area contributed by atoms with Gasteiger partial charge in [-0.25, -0.2) is 0 Å². The molecule has 0 atom stereocenters. The molecule has 0 aliphatic heterocycles. The third-order valence-corrected chi connectivity index (χ3v) is 7.92. The number of hydrogen-bond donors (Lipinski definition) is 10. The van der Waals surface area contributed by atoms with Crippen LogP contribution in [0.5, 0.6) is 0 Å². The molecule has 0 radical (unpaired) electrons.